The minimum atomic E-state index is 0.763. The molecule has 0 spiro atoms. The third-order valence-electron chi connectivity index (χ3n) is 0.580. The Labute approximate surface area is 31.3 Å². The molecule has 0 saturated carbocycles. The lowest BCUT2D eigenvalue weighted by Gasteiger charge is -2.09. The van der Waals surface area contributed by atoms with Gasteiger partial charge in [0.15, 0.2) is 0 Å². The van der Waals surface area contributed by atoms with Crippen molar-refractivity contribution in [3.63, 3.8) is 0 Å². The summed E-state index contributed by atoms with van der Waals surface area (Å²) in [5, 5.41) is 0. The first kappa shape index (κ1) is 2.76. The maximum Gasteiger partial charge on any atom is 0.109 e. The molecule has 1 radical (unpaired) electrons. The van der Waals surface area contributed by atoms with Crippen molar-refractivity contribution in [2.45, 2.75) is 0 Å². The molecule has 0 unspecified atom stereocenters. The minimum Gasteiger partial charge on any atom is -0.494 e. The fourth-order valence-corrected chi connectivity index (χ4v) is 0.201. The van der Waals surface area contributed by atoms with Crippen molar-refractivity contribution in [1.29, 1.82) is 0 Å². The van der Waals surface area contributed by atoms with E-state index in [2.05, 4.69) is 11.7 Å². The molecular weight excluding hydrogens is 64.0 g/mol. The predicted octanol–water partition coefficient (Wildman–Crippen LogP) is 0.735. The van der Waals surface area contributed by atoms with Gasteiger partial charge in [-0.25, -0.2) is 0 Å². The molecule has 1 rings (SSSR count). The van der Waals surface area contributed by atoms with Crippen LogP contribution in [0, 0.1) is 6.92 Å². The van der Waals surface area contributed by atoms with Crippen LogP contribution in [0.3, 0.4) is 0 Å². The van der Waals surface area contributed by atoms with Gasteiger partial charge in [0.1, 0.15) is 6.61 Å². The molecule has 0 aliphatic carbocycles. The van der Waals surface area contributed by atoms with E-state index in [1.54, 1.807) is 0 Å². The number of allylic oxidation sites excluding steroid dienone is 1. The molecule has 0 amide bonds. The topological polar surface area (TPSA) is 9.23 Å². The van der Waals surface area contributed by atoms with Crippen molar-refractivity contribution in [2.75, 3.05) is 6.61 Å². The van der Waals surface area contributed by atoms with Crippen LogP contribution in [0.15, 0.2) is 11.8 Å². The first-order valence-corrected chi connectivity index (χ1v) is 1.54. The number of hydrogen-bond acceptors (Lipinski definition) is 1. The summed E-state index contributed by atoms with van der Waals surface area (Å²) in [5.74, 6) is 0.810. The lowest BCUT2D eigenvalue weighted by atomic mass is 10.4. The summed E-state index contributed by atoms with van der Waals surface area (Å²) in [5.41, 5.74) is 0. The second kappa shape index (κ2) is 0.744. The summed E-state index contributed by atoms with van der Waals surface area (Å²) in [6.07, 6.45) is 1.93. The first-order valence-electron chi connectivity index (χ1n) is 1.54. The van der Waals surface area contributed by atoms with Crippen molar-refractivity contribution in [3.05, 3.63) is 18.8 Å². The molecule has 1 heteroatoms. The quantitative estimate of drug-likeness (QED) is 0.407. The fraction of sp³-hybridized carbons (Fsp3) is 0.250. The van der Waals surface area contributed by atoms with Gasteiger partial charge in [-0.05, 0) is 6.08 Å². The Morgan fingerprint density at radius 2 is 2.40 bits per heavy atom. The number of hydrogen-bond donors (Lipinski definition) is 0. The molecule has 1 aliphatic heterocycles. The van der Waals surface area contributed by atoms with E-state index < -0.39 is 0 Å². The van der Waals surface area contributed by atoms with Crippen LogP contribution in [-0.2, 0) is 4.74 Å². The van der Waals surface area contributed by atoms with E-state index in [1.165, 1.54) is 0 Å². The monoisotopic (exact) mass is 69.0 g/mol. The normalized spacial score (nSPS) is 19.0. The third-order valence-corrected chi connectivity index (χ3v) is 0.580. The van der Waals surface area contributed by atoms with Gasteiger partial charge in [0.2, 0.25) is 0 Å². The zero-order chi connectivity index (χ0) is 3.70. The highest BCUT2D eigenvalue weighted by Gasteiger charge is 1.94. The molecule has 1 heterocycles. The van der Waals surface area contributed by atoms with Crippen LogP contribution in [0.1, 0.15) is 0 Å². The number of rotatable bonds is 0. The van der Waals surface area contributed by atoms with Gasteiger partial charge in [-0.2, -0.15) is 0 Å². The van der Waals surface area contributed by atoms with Gasteiger partial charge in [-0.15, -0.1) is 0 Å². The molecule has 0 saturated heterocycles. The van der Waals surface area contributed by atoms with Crippen LogP contribution < -0.4 is 0 Å². The lowest BCUT2D eigenvalue weighted by Crippen LogP contribution is -1.99. The third kappa shape index (κ3) is 0.274. The minimum absolute atomic E-state index is 0.763. The maximum absolute atomic E-state index is 4.68. The highest BCUT2D eigenvalue weighted by molar-refractivity contribution is 5.03. The van der Waals surface area contributed by atoms with Crippen LogP contribution in [0.4, 0.5) is 0 Å². The maximum atomic E-state index is 4.68. The highest BCUT2D eigenvalue weighted by atomic mass is 16.5. The van der Waals surface area contributed by atoms with E-state index in [9.17, 15) is 0 Å². The molecule has 0 aromatic heterocycles. The Morgan fingerprint density at radius 1 is 2.00 bits per heavy atom. The number of ether oxygens (including phenoxy) is 1. The molecule has 1 nitrogen and oxygen atoms in total. The van der Waals surface area contributed by atoms with Crippen LogP contribution in [0.25, 0.3) is 0 Å². The van der Waals surface area contributed by atoms with Crippen molar-refractivity contribution in [2.24, 2.45) is 0 Å². The van der Waals surface area contributed by atoms with E-state index in [1.807, 2.05) is 6.08 Å². The Balaban J connectivity index is 2.51. The lowest BCUT2D eigenvalue weighted by molar-refractivity contribution is 0.211. The zero-order valence-corrected chi connectivity index (χ0v) is 2.90. The van der Waals surface area contributed by atoms with Crippen LogP contribution in [0.5, 0.6) is 0 Å². The Bertz CT molecular complexity index is 64.0. The van der Waals surface area contributed by atoms with Crippen LogP contribution in [0.2, 0.25) is 0 Å². The molecule has 27 valence electrons. The molecule has 0 N–H and O–H groups in total. The molecule has 0 fully saturated rings. The summed E-state index contributed by atoms with van der Waals surface area (Å²) in [7, 11) is 0. The van der Waals surface area contributed by atoms with Crippen LogP contribution >= 0.6 is 0 Å². The largest absolute Gasteiger partial charge is 0.494 e. The van der Waals surface area contributed by atoms with Gasteiger partial charge in [-0.3, -0.25) is 0 Å². The zero-order valence-electron chi connectivity index (χ0n) is 2.90. The van der Waals surface area contributed by atoms with E-state index in [4.69, 9.17) is 0 Å². The van der Waals surface area contributed by atoms with E-state index in [-0.39, 0.29) is 0 Å². The van der Waals surface area contributed by atoms with Crippen molar-refractivity contribution in [3.8, 4) is 0 Å². The highest BCUT2D eigenvalue weighted by Crippen LogP contribution is 2.02. The Morgan fingerprint density at radius 3 is 2.40 bits per heavy atom. The van der Waals surface area contributed by atoms with Gasteiger partial charge in [0, 0.05) is 6.92 Å². The molecule has 1 aliphatic rings. The van der Waals surface area contributed by atoms with Crippen LogP contribution in [-0.4, -0.2) is 6.61 Å². The summed E-state index contributed by atoms with van der Waals surface area (Å²) in [4.78, 5) is 0. The fourth-order valence-electron chi connectivity index (χ4n) is 0.201. The summed E-state index contributed by atoms with van der Waals surface area (Å²) in [6.45, 7) is 4.25. The SMILES string of the molecule is [CH2]C1=CCO1. The molecule has 0 atom stereocenters. The molecular formula is C4H5O. The van der Waals surface area contributed by atoms with Gasteiger partial charge in [0.05, 0.1) is 5.76 Å². The molecule has 0 bridgehead atoms. The molecule has 0 aromatic rings. The van der Waals surface area contributed by atoms with Crippen molar-refractivity contribution < 1.29 is 4.74 Å². The van der Waals surface area contributed by atoms with Crippen molar-refractivity contribution >= 4 is 0 Å². The summed E-state index contributed by atoms with van der Waals surface area (Å²) >= 11 is 0. The first-order chi connectivity index (χ1) is 2.39. The average molecular weight is 69.1 g/mol. The second-order valence-corrected chi connectivity index (χ2v) is 0.981. The van der Waals surface area contributed by atoms with Gasteiger partial charge >= 0.3 is 0 Å². The van der Waals surface area contributed by atoms with Gasteiger partial charge in [-0.1, -0.05) is 0 Å². The van der Waals surface area contributed by atoms with E-state index in [0.717, 1.165) is 12.4 Å². The molecule has 0 aromatic carbocycles. The van der Waals surface area contributed by atoms with E-state index >= 15 is 0 Å². The Kier molecular flexibility index (Phi) is 0.411. The predicted molar refractivity (Wildman–Crippen MR) is 19.4 cm³/mol. The van der Waals surface area contributed by atoms with Crippen molar-refractivity contribution in [1.82, 2.24) is 0 Å². The summed E-state index contributed by atoms with van der Waals surface area (Å²) < 4.78 is 4.68. The molecule has 5 heavy (non-hydrogen) atoms. The smallest absolute Gasteiger partial charge is 0.109 e. The Hall–Kier alpha value is -0.460. The van der Waals surface area contributed by atoms with Gasteiger partial charge < -0.3 is 4.74 Å². The summed E-state index contributed by atoms with van der Waals surface area (Å²) in [6, 6.07) is 0. The second-order valence-electron chi connectivity index (χ2n) is 0.981. The van der Waals surface area contributed by atoms with E-state index in [0.29, 0.717) is 0 Å². The standard InChI is InChI=1S/C4H5O/c1-4-2-3-5-4/h2H,1,3H2. The van der Waals surface area contributed by atoms with Gasteiger partial charge in [0.25, 0.3) is 0 Å². The average Bonchev–Trinajstić information content (AvgIpc) is 1.30.